The van der Waals surface area contributed by atoms with E-state index in [2.05, 4.69) is 14.9 Å². The molecule has 1 fully saturated rings. The van der Waals surface area contributed by atoms with E-state index < -0.39 is 21.8 Å². The van der Waals surface area contributed by atoms with E-state index >= 15 is 0 Å². The van der Waals surface area contributed by atoms with E-state index in [1.54, 1.807) is 4.90 Å². The third-order valence-corrected chi connectivity index (χ3v) is 5.88. The van der Waals surface area contributed by atoms with E-state index in [0.29, 0.717) is 37.7 Å². The first-order valence-corrected chi connectivity index (χ1v) is 9.66. The Morgan fingerprint density at radius 1 is 1.22 bits per heavy atom. The maximum Gasteiger partial charge on any atom is 0.416 e. The summed E-state index contributed by atoms with van der Waals surface area (Å²) >= 11 is 0. The molecular weight excluding hydrogens is 385 g/mol. The summed E-state index contributed by atoms with van der Waals surface area (Å²) in [6.07, 6.45) is -4.59. The van der Waals surface area contributed by atoms with E-state index in [4.69, 9.17) is 4.74 Å². The summed E-state index contributed by atoms with van der Waals surface area (Å²) in [6.45, 7) is 4.75. The minimum Gasteiger partial charge on any atom is -0.378 e. The molecule has 1 saturated heterocycles. The van der Waals surface area contributed by atoms with Gasteiger partial charge in [0.1, 0.15) is 4.90 Å². The Morgan fingerprint density at radius 3 is 2.44 bits per heavy atom. The van der Waals surface area contributed by atoms with E-state index in [1.807, 2.05) is 0 Å². The minimum absolute atomic E-state index is 0.0761. The highest BCUT2D eigenvalue weighted by atomic mass is 32.2. The Hall–Kier alpha value is -2.27. The highest BCUT2D eigenvalue weighted by Gasteiger charge is 2.33. The summed E-state index contributed by atoms with van der Waals surface area (Å²) in [6, 6.07) is 3.03. The van der Waals surface area contributed by atoms with Gasteiger partial charge in [0.25, 0.3) is 10.0 Å². The fourth-order valence-corrected chi connectivity index (χ4v) is 4.44. The Balaban J connectivity index is 2.06. The van der Waals surface area contributed by atoms with Crippen LogP contribution < -0.4 is 9.62 Å². The number of nitrogens with one attached hydrogen (secondary N) is 2. The quantitative estimate of drug-likeness (QED) is 0.818. The number of aromatic nitrogens is 2. The van der Waals surface area contributed by atoms with Gasteiger partial charge in [0.15, 0.2) is 0 Å². The van der Waals surface area contributed by atoms with Crippen molar-refractivity contribution in [3.05, 3.63) is 35.2 Å². The first kappa shape index (κ1) is 19.5. The van der Waals surface area contributed by atoms with Crippen molar-refractivity contribution in [2.24, 2.45) is 0 Å². The van der Waals surface area contributed by atoms with Crippen LogP contribution in [0, 0.1) is 13.8 Å². The molecule has 0 aliphatic carbocycles. The highest BCUT2D eigenvalue weighted by Crippen LogP contribution is 2.37. The monoisotopic (exact) mass is 404 g/mol. The van der Waals surface area contributed by atoms with Crippen molar-refractivity contribution in [3.8, 4) is 0 Å². The number of hydrogen-bond donors (Lipinski definition) is 2. The zero-order valence-electron chi connectivity index (χ0n) is 14.7. The van der Waals surface area contributed by atoms with Crippen LogP contribution in [0.3, 0.4) is 0 Å². The van der Waals surface area contributed by atoms with Crippen molar-refractivity contribution in [2.45, 2.75) is 24.9 Å². The third kappa shape index (κ3) is 4.03. The second-order valence-corrected chi connectivity index (χ2v) is 7.82. The largest absolute Gasteiger partial charge is 0.416 e. The molecule has 0 bridgehead atoms. The summed E-state index contributed by atoms with van der Waals surface area (Å²) in [5.41, 5.74) is -0.155. The molecule has 7 nitrogen and oxygen atoms in total. The summed E-state index contributed by atoms with van der Waals surface area (Å²) in [5.74, 6) is 0. The number of H-pyrrole nitrogens is 1. The molecule has 2 N–H and O–H groups in total. The first-order valence-electron chi connectivity index (χ1n) is 8.18. The molecule has 3 rings (SSSR count). The van der Waals surface area contributed by atoms with Gasteiger partial charge in [-0.05, 0) is 32.0 Å². The van der Waals surface area contributed by atoms with Crippen molar-refractivity contribution in [3.63, 3.8) is 0 Å². The molecule has 0 radical (unpaired) electrons. The van der Waals surface area contributed by atoms with Crippen LogP contribution in [0.5, 0.6) is 0 Å². The van der Waals surface area contributed by atoms with Crippen molar-refractivity contribution in [1.29, 1.82) is 0 Å². The summed E-state index contributed by atoms with van der Waals surface area (Å²) < 4.78 is 72.6. The van der Waals surface area contributed by atoms with Crippen LogP contribution in [0.1, 0.15) is 17.0 Å². The Labute approximate surface area is 154 Å². The number of anilines is 2. The van der Waals surface area contributed by atoms with E-state index in [1.165, 1.54) is 19.9 Å². The van der Waals surface area contributed by atoms with Crippen LogP contribution >= 0.6 is 0 Å². The smallest absolute Gasteiger partial charge is 0.378 e. The molecule has 148 valence electrons. The van der Waals surface area contributed by atoms with Gasteiger partial charge in [-0.1, -0.05) is 0 Å². The SMILES string of the molecule is Cc1n[nH]c(C)c1S(=O)(=O)Nc1cc(C(F)(F)F)ccc1N1CCOCC1. The van der Waals surface area contributed by atoms with Gasteiger partial charge >= 0.3 is 6.18 Å². The number of halogens is 3. The molecule has 0 saturated carbocycles. The Bertz CT molecular complexity index is 915. The molecule has 27 heavy (non-hydrogen) atoms. The molecule has 11 heteroatoms. The average Bonchev–Trinajstić information content (AvgIpc) is 2.94. The minimum atomic E-state index is -4.59. The van der Waals surface area contributed by atoms with Crippen LogP contribution in [0.15, 0.2) is 23.1 Å². The fraction of sp³-hybridized carbons (Fsp3) is 0.438. The van der Waals surface area contributed by atoms with Crippen molar-refractivity contribution < 1.29 is 26.3 Å². The van der Waals surface area contributed by atoms with Crippen molar-refractivity contribution >= 4 is 21.4 Å². The third-order valence-electron chi connectivity index (χ3n) is 4.25. The van der Waals surface area contributed by atoms with Crippen molar-refractivity contribution in [1.82, 2.24) is 10.2 Å². The zero-order chi connectivity index (χ0) is 19.8. The zero-order valence-corrected chi connectivity index (χ0v) is 15.5. The second kappa shape index (κ2) is 7.04. The fourth-order valence-electron chi connectivity index (χ4n) is 3.01. The van der Waals surface area contributed by atoms with Gasteiger partial charge < -0.3 is 9.64 Å². The number of ether oxygens (including phenoxy) is 1. The Kier molecular flexibility index (Phi) is 5.08. The number of rotatable bonds is 4. The van der Waals surface area contributed by atoms with Crippen LogP contribution in [0.2, 0.25) is 0 Å². The molecule has 2 aromatic rings. The van der Waals surface area contributed by atoms with Gasteiger partial charge in [0.2, 0.25) is 0 Å². The molecular formula is C16H19F3N4O3S. The topological polar surface area (TPSA) is 87.3 Å². The van der Waals surface area contributed by atoms with Crippen LogP contribution in [-0.2, 0) is 20.9 Å². The standard InChI is InChI=1S/C16H19F3N4O3S/c1-10-15(11(2)21-20-10)27(24,25)22-13-9-12(16(17,18)19)3-4-14(13)23-5-7-26-8-6-23/h3-4,9,22H,5-8H2,1-2H3,(H,20,21). The number of alkyl halides is 3. The number of benzene rings is 1. The summed E-state index contributed by atoms with van der Waals surface area (Å²) in [7, 11) is -4.12. The number of morpholine rings is 1. The predicted octanol–water partition coefficient (Wildman–Crippen LogP) is 2.68. The van der Waals surface area contributed by atoms with Gasteiger partial charge in [-0.15, -0.1) is 0 Å². The Morgan fingerprint density at radius 2 is 1.89 bits per heavy atom. The molecule has 1 aromatic heterocycles. The first-order chi connectivity index (χ1) is 12.6. The van der Waals surface area contributed by atoms with Crippen LogP contribution in [0.4, 0.5) is 24.5 Å². The van der Waals surface area contributed by atoms with E-state index in [0.717, 1.165) is 12.1 Å². The van der Waals surface area contributed by atoms with E-state index in [9.17, 15) is 21.6 Å². The number of sulfonamides is 1. The summed E-state index contributed by atoms with van der Waals surface area (Å²) in [4.78, 5) is 1.71. The number of nitrogens with zero attached hydrogens (tertiary/aromatic N) is 2. The molecule has 1 aliphatic rings. The number of aromatic amines is 1. The molecule has 2 heterocycles. The average molecular weight is 404 g/mol. The van der Waals surface area contributed by atoms with Crippen LogP contribution in [-0.4, -0.2) is 44.9 Å². The normalized spacial score (nSPS) is 15.8. The molecule has 0 amide bonds. The van der Waals surface area contributed by atoms with E-state index in [-0.39, 0.29) is 16.3 Å². The van der Waals surface area contributed by atoms with Gasteiger partial charge in [-0.3, -0.25) is 9.82 Å². The highest BCUT2D eigenvalue weighted by molar-refractivity contribution is 7.92. The second-order valence-electron chi connectivity index (χ2n) is 6.20. The van der Waals surface area contributed by atoms with Crippen molar-refractivity contribution in [2.75, 3.05) is 35.9 Å². The van der Waals surface area contributed by atoms with Crippen LogP contribution in [0.25, 0.3) is 0 Å². The molecule has 0 atom stereocenters. The molecule has 1 aromatic carbocycles. The lowest BCUT2D eigenvalue weighted by molar-refractivity contribution is -0.137. The molecule has 0 unspecified atom stereocenters. The lowest BCUT2D eigenvalue weighted by Gasteiger charge is -2.31. The molecule has 0 spiro atoms. The van der Waals surface area contributed by atoms with Gasteiger partial charge in [-0.2, -0.15) is 18.3 Å². The van der Waals surface area contributed by atoms with Gasteiger partial charge in [0, 0.05) is 13.1 Å². The lowest BCUT2D eigenvalue weighted by Crippen LogP contribution is -2.37. The lowest BCUT2D eigenvalue weighted by atomic mass is 10.1. The maximum atomic E-state index is 13.2. The summed E-state index contributed by atoms with van der Waals surface area (Å²) in [5, 5.41) is 6.41. The molecule has 1 aliphatic heterocycles. The predicted molar refractivity (Wildman–Crippen MR) is 93.3 cm³/mol. The van der Waals surface area contributed by atoms with Gasteiger partial charge in [-0.25, -0.2) is 8.42 Å². The maximum absolute atomic E-state index is 13.2. The number of aryl methyl sites for hydroxylation is 2. The number of hydrogen-bond acceptors (Lipinski definition) is 5. The van der Waals surface area contributed by atoms with Gasteiger partial charge in [0.05, 0.1) is 41.5 Å².